The van der Waals surface area contributed by atoms with Gasteiger partial charge in [-0.3, -0.25) is 0 Å². The fourth-order valence-corrected chi connectivity index (χ4v) is 28.3. The van der Waals surface area contributed by atoms with Gasteiger partial charge in [0.2, 0.25) is 0 Å². The van der Waals surface area contributed by atoms with Crippen LogP contribution in [-0.4, -0.2) is 22.9 Å². The molecule has 0 atom stereocenters. The molecule has 3 rings (SSSR count). The molecule has 0 aliphatic carbocycles. The Morgan fingerprint density at radius 3 is 1.97 bits per heavy atom. The van der Waals surface area contributed by atoms with Gasteiger partial charge in [-0.25, -0.2) is 0 Å². The van der Waals surface area contributed by atoms with Crippen LogP contribution in [0, 0.1) is 0 Å². The Bertz CT molecular complexity index is 926. The van der Waals surface area contributed by atoms with Crippen molar-refractivity contribution in [3.63, 3.8) is 0 Å². The number of thiophene rings is 2. The van der Waals surface area contributed by atoms with Crippen molar-refractivity contribution in [3.05, 3.63) is 17.0 Å². The van der Waals surface area contributed by atoms with Gasteiger partial charge in [-0.05, 0) is 0 Å². The Morgan fingerprint density at radius 1 is 0.781 bits per heavy atom. The van der Waals surface area contributed by atoms with Crippen LogP contribution < -0.4 is 2.89 Å². The molecule has 3 aromatic rings. The SMILES string of the molecule is CCCCCCc1[c]([Sn]([CH2]CCC)([CH2]CCC)[CH2]CCC)sc2c3ccsc3n(CC)c12. The first-order valence-electron chi connectivity index (χ1n) is 13.7. The van der Waals surface area contributed by atoms with Crippen molar-refractivity contribution in [2.45, 2.75) is 125 Å². The monoisotopic (exact) mass is 581 g/mol. The number of hydrogen-bond acceptors (Lipinski definition) is 2. The molecule has 0 saturated heterocycles. The van der Waals surface area contributed by atoms with E-state index in [1.54, 1.807) is 28.9 Å². The average Bonchev–Trinajstić information content (AvgIpc) is 3.49. The number of nitrogens with zero attached hydrogens (tertiary/aromatic N) is 1. The van der Waals surface area contributed by atoms with E-state index in [9.17, 15) is 0 Å². The minimum atomic E-state index is -2.45. The fourth-order valence-electron chi connectivity index (χ4n) is 5.66. The summed E-state index contributed by atoms with van der Waals surface area (Å²) < 4.78 is 11.1. The second-order valence-corrected chi connectivity index (χ2v) is 25.8. The molecule has 0 aliphatic heterocycles. The van der Waals surface area contributed by atoms with Gasteiger partial charge in [-0.2, -0.15) is 0 Å². The number of aryl methyl sites for hydroxylation is 2. The third-order valence-corrected chi connectivity index (χ3v) is 28.1. The van der Waals surface area contributed by atoms with Gasteiger partial charge in [0.15, 0.2) is 0 Å². The molecule has 0 amide bonds. The summed E-state index contributed by atoms with van der Waals surface area (Å²) in [7, 11) is 0. The molecule has 0 spiro atoms. The summed E-state index contributed by atoms with van der Waals surface area (Å²) >= 11 is 1.79. The summed E-state index contributed by atoms with van der Waals surface area (Å²) in [6.45, 7) is 13.0. The van der Waals surface area contributed by atoms with E-state index < -0.39 is 18.4 Å². The van der Waals surface area contributed by atoms with Crippen LogP contribution >= 0.6 is 22.7 Å². The molecule has 3 heterocycles. The molecule has 4 heteroatoms. The molecule has 0 bridgehead atoms. The Kier molecular flexibility index (Phi) is 11.0. The van der Waals surface area contributed by atoms with Gasteiger partial charge in [-0.1, -0.05) is 0 Å². The molecular weight excluding hydrogens is 533 g/mol. The summed E-state index contributed by atoms with van der Waals surface area (Å²) in [6, 6.07) is 2.41. The van der Waals surface area contributed by atoms with Crippen molar-refractivity contribution in [1.29, 1.82) is 0 Å². The number of hydrogen-bond donors (Lipinski definition) is 0. The van der Waals surface area contributed by atoms with E-state index in [-0.39, 0.29) is 0 Å². The van der Waals surface area contributed by atoms with Gasteiger partial charge >= 0.3 is 211 Å². The van der Waals surface area contributed by atoms with Crippen molar-refractivity contribution in [2.24, 2.45) is 0 Å². The van der Waals surface area contributed by atoms with Crippen LogP contribution in [0.1, 0.15) is 104 Å². The molecule has 32 heavy (non-hydrogen) atoms. The van der Waals surface area contributed by atoms with E-state index in [2.05, 4.69) is 62.0 Å². The van der Waals surface area contributed by atoms with Crippen LogP contribution in [0.15, 0.2) is 11.4 Å². The molecule has 0 aliphatic rings. The summed E-state index contributed by atoms with van der Waals surface area (Å²) in [4.78, 5) is 1.52. The van der Waals surface area contributed by atoms with Crippen LogP contribution in [0.2, 0.25) is 13.3 Å². The van der Waals surface area contributed by atoms with Crippen LogP contribution in [-0.2, 0) is 13.0 Å². The zero-order chi connectivity index (χ0) is 23.0. The number of aromatic nitrogens is 1. The Balaban J connectivity index is 2.19. The van der Waals surface area contributed by atoms with E-state index in [0.29, 0.717) is 0 Å². The Labute approximate surface area is 209 Å². The zero-order valence-electron chi connectivity index (χ0n) is 21.5. The first-order valence-corrected chi connectivity index (χ1v) is 22.9. The van der Waals surface area contributed by atoms with E-state index in [4.69, 9.17) is 0 Å². The van der Waals surface area contributed by atoms with Gasteiger partial charge in [0.25, 0.3) is 0 Å². The Morgan fingerprint density at radius 2 is 1.41 bits per heavy atom. The number of unbranched alkanes of at least 4 members (excludes halogenated alkanes) is 6. The molecule has 0 unspecified atom stereocenters. The third kappa shape index (κ3) is 5.62. The molecule has 180 valence electrons. The third-order valence-electron chi connectivity index (χ3n) is 7.49. The quantitative estimate of drug-likeness (QED) is 0.117. The Hall–Kier alpha value is -0.00130. The molecule has 1 nitrogen and oxygen atoms in total. The van der Waals surface area contributed by atoms with Gasteiger partial charge in [0.1, 0.15) is 0 Å². The van der Waals surface area contributed by atoms with Crippen molar-refractivity contribution < 1.29 is 0 Å². The van der Waals surface area contributed by atoms with Gasteiger partial charge in [-0.15, -0.1) is 0 Å². The minimum absolute atomic E-state index is 1.11. The van der Waals surface area contributed by atoms with Crippen molar-refractivity contribution in [1.82, 2.24) is 4.57 Å². The van der Waals surface area contributed by atoms with E-state index >= 15 is 0 Å². The number of fused-ring (bicyclic) bond motifs is 3. The first-order chi connectivity index (χ1) is 15.7. The van der Waals surface area contributed by atoms with Gasteiger partial charge in [0, 0.05) is 0 Å². The predicted octanol–water partition coefficient (Wildman–Crippen LogP) is 10.1. The molecule has 0 N–H and O–H groups in total. The summed E-state index contributed by atoms with van der Waals surface area (Å²) in [5.74, 6) is 0. The van der Waals surface area contributed by atoms with Crippen molar-refractivity contribution >= 4 is 64.4 Å². The molecule has 3 aromatic heterocycles. The standard InChI is InChI=1S/C16H20NS2.3C4H9.Sn/c1-3-5-6-7-8-12-11-19-15-13-9-10-18-16(13)17(4-2)14(12)15;3*1-3-4-2;/h9-10H,3-8H2,1-2H3;3*1,3-4H2,2H3;. The molecular formula is C28H47NS2Sn. The van der Waals surface area contributed by atoms with E-state index in [1.165, 1.54) is 75.5 Å². The maximum atomic E-state index is 2.70. The van der Waals surface area contributed by atoms with Crippen LogP contribution in [0.4, 0.5) is 0 Å². The van der Waals surface area contributed by atoms with Crippen LogP contribution in [0.5, 0.6) is 0 Å². The molecule has 0 saturated carbocycles. The van der Waals surface area contributed by atoms with E-state index in [1.807, 2.05) is 19.8 Å². The molecule has 0 radical (unpaired) electrons. The van der Waals surface area contributed by atoms with E-state index in [0.717, 1.165) is 6.54 Å². The van der Waals surface area contributed by atoms with Gasteiger partial charge < -0.3 is 0 Å². The predicted molar refractivity (Wildman–Crippen MR) is 153 cm³/mol. The second-order valence-electron chi connectivity index (χ2n) is 9.87. The van der Waals surface area contributed by atoms with Gasteiger partial charge in [0.05, 0.1) is 0 Å². The number of rotatable bonds is 16. The van der Waals surface area contributed by atoms with Crippen molar-refractivity contribution in [2.75, 3.05) is 0 Å². The zero-order valence-corrected chi connectivity index (χ0v) is 26.0. The molecule has 0 fully saturated rings. The second kappa shape index (κ2) is 13.2. The average molecular weight is 581 g/mol. The summed E-state index contributed by atoms with van der Waals surface area (Å²) in [5, 5.41) is 3.87. The maximum absolute atomic E-state index is 2.70. The topological polar surface area (TPSA) is 4.93 Å². The normalized spacial score (nSPS) is 12.5. The van der Waals surface area contributed by atoms with Crippen molar-refractivity contribution in [3.8, 4) is 0 Å². The molecule has 0 aromatic carbocycles. The first kappa shape index (κ1) is 26.6. The summed E-state index contributed by atoms with van der Waals surface area (Å²) in [6.07, 6.45) is 15.3. The van der Waals surface area contributed by atoms with Crippen LogP contribution in [0.25, 0.3) is 20.4 Å². The summed E-state index contributed by atoms with van der Waals surface area (Å²) in [5.41, 5.74) is 3.50. The van der Waals surface area contributed by atoms with Crippen LogP contribution in [0.3, 0.4) is 0 Å². The fraction of sp³-hybridized carbons (Fsp3) is 0.714.